The Morgan fingerprint density at radius 2 is 2.05 bits per heavy atom. The molecule has 1 saturated carbocycles. The van der Waals surface area contributed by atoms with Gasteiger partial charge in [-0.05, 0) is 47.7 Å². The maximum absolute atomic E-state index is 6.54. The molecular weight excluding hydrogens is 250 g/mol. The molecule has 0 unspecified atom stereocenters. The number of nitrogens with two attached hydrogens (primary N) is 1. The molecule has 1 heterocycles. The number of hydrogen-bond donors (Lipinski definition) is 1. The van der Waals surface area contributed by atoms with E-state index in [9.17, 15) is 0 Å². The molecule has 2 N–H and O–H groups in total. The largest absolute Gasteiger partial charge is 0.319 e. The van der Waals surface area contributed by atoms with Crippen LogP contribution in [-0.4, -0.2) is 20.2 Å². The van der Waals surface area contributed by atoms with Gasteiger partial charge in [-0.1, -0.05) is 38.0 Å². The summed E-state index contributed by atoms with van der Waals surface area (Å²) < 4.78 is 1.86. The lowest BCUT2D eigenvalue weighted by atomic mass is 9.97. The summed E-state index contributed by atoms with van der Waals surface area (Å²) in [7, 11) is 0. The third-order valence-electron chi connectivity index (χ3n) is 4.32. The van der Waals surface area contributed by atoms with Crippen molar-refractivity contribution in [3.8, 4) is 5.69 Å². The minimum atomic E-state index is -0.378. The Kier molecular flexibility index (Phi) is 3.30. The smallest absolute Gasteiger partial charge is 0.176 e. The van der Waals surface area contributed by atoms with Gasteiger partial charge in [0.05, 0.1) is 11.2 Å². The Balaban J connectivity index is 2.15. The fourth-order valence-electron chi connectivity index (χ4n) is 3.19. The van der Waals surface area contributed by atoms with Crippen LogP contribution >= 0.6 is 0 Å². The quantitative estimate of drug-likeness (QED) is 0.929. The van der Waals surface area contributed by atoms with Crippen molar-refractivity contribution in [1.82, 2.24) is 20.2 Å². The molecule has 2 aromatic rings. The van der Waals surface area contributed by atoms with Crippen LogP contribution in [0.15, 0.2) is 18.2 Å². The molecule has 0 spiro atoms. The van der Waals surface area contributed by atoms with Gasteiger partial charge in [0, 0.05) is 0 Å². The Morgan fingerprint density at radius 3 is 2.75 bits per heavy atom. The maximum atomic E-state index is 6.54. The van der Waals surface area contributed by atoms with Crippen molar-refractivity contribution in [2.75, 3.05) is 0 Å². The summed E-state index contributed by atoms with van der Waals surface area (Å²) >= 11 is 0. The summed E-state index contributed by atoms with van der Waals surface area (Å²) in [5, 5.41) is 12.3. The molecule has 0 atom stereocenters. The molecule has 0 radical (unpaired) electrons. The van der Waals surface area contributed by atoms with Crippen molar-refractivity contribution in [1.29, 1.82) is 0 Å². The molecule has 5 heteroatoms. The normalized spacial score (nSPS) is 17.6. The molecule has 5 nitrogen and oxygen atoms in total. The van der Waals surface area contributed by atoms with E-state index in [2.05, 4.69) is 47.6 Å². The van der Waals surface area contributed by atoms with Gasteiger partial charge in [0.15, 0.2) is 5.82 Å². The van der Waals surface area contributed by atoms with E-state index in [4.69, 9.17) is 5.73 Å². The van der Waals surface area contributed by atoms with E-state index < -0.39 is 0 Å². The van der Waals surface area contributed by atoms with Gasteiger partial charge in [-0.25, -0.2) is 0 Å². The van der Waals surface area contributed by atoms with Crippen LogP contribution < -0.4 is 5.73 Å². The zero-order chi connectivity index (χ0) is 14.2. The van der Waals surface area contributed by atoms with Crippen molar-refractivity contribution in [2.24, 2.45) is 5.73 Å². The molecule has 0 aliphatic heterocycles. The zero-order valence-corrected chi connectivity index (χ0v) is 12.1. The van der Waals surface area contributed by atoms with Crippen molar-refractivity contribution in [2.45, 2.75) is 51.5 Å². The first-order chi connectivity index (χ1) is 9.65. The van der Waals surface area contributed by atoms with E-state index in [0.717, 1.165) is 43.6 Å². The predicted octanol–water partition coefficient (Wildman–Crippen LogP) is 2.26. The lowest BCUT2D eigenvalue weighted by molar-refractivity contribution is 0.419. The summed E-state index contributed by atoms with van der Waals surface area (Å²) in [6.07, 6.45) is 5.17. The van der Waals surface area contributed by atoms with E-state index in [1.54, 1.807) is 0 Å². The SMILES string of the molecule is CCc1cccc(C)c1-n1nnnc1C1(N)CCCC1. The van der Waals surface area contributed by atoms with E-state index in [0.29, 0.717) is 0 Å². The van der Waals surface area contributed by atoms with Crippen LogP contribution in [0.25, 0.3) is 5.69 Å². The van der Waals surface area contributed by atoms with Gasteiger partial charge in [0.1, 0.15) is 0 Å². The molecule has 0 saturated heterocycles. The molecule has 1 aromatic carbocycles. The minimum Gasteiger partial charge on any atom is -0.319 e. The lowest BCUT2D eigenvalue weighted by Crippen LogP contribution is -2.36. The topological polar surface area (TPSA) is 69.6 Å². The summed E-state index contributed by atoms with van der Waals surface area (Å²) in [5.74, 6) is 0.805. The predicted molar refractivity (Wildman–Crippen MR) is 77.6 cm³/mol. The number of hydrogen-bond acceptors (Lipinski definition) is 4. The average molecular weight is 271 g/mol. The van der Waals surface area contributed by atoms with Crippen LogP contribution in [0.3, 0.4) is 0 Å². The highest BCUT2D eigenvalue weighted by Crippen LogP contribution is 2.36. The number of nitrogens with zero attached hydrogens (tertiary/aromatic N) is 4. The van der Waals surface area contributed by atoms with E-state index in [1.165, 1.54) is 11.1 Å². The van der Waals surface area contributed by atoms with Crippen molar-refractivity contribution < 1.29 is 0 Å². The van der Waals surface area contributed by atoms with Gasteiger partial charge in [-0.15, -0.1) is 5.10 Å². The molecular formula is C15H21N5. The second-order valence-electron chi connectivity index (χ2n) is 5.71. The highest BCUT2D eigenvalue weighted by atomic mass is 15.6. The standard InChI is InChI=1S/C15H21N5/c1-3-12-8-6-7-11(2)13(12)20-14(17-18-19-20)15(16)9-4-5-10-15/h6-8H,3-5,9-10,16H2,1-2H3. The van der Waals surface area contributed by atoms with E-state index in [1.807, 2.05) is 4.68 Å². The number of aryl methyl sites for hydroxylation is 2. The van der Waals surface area contributed by atoms with Crippen LogP contribution in [0.2, 0.25) is 0 Å². The van der Waals surface area contributed by atoms with Crippen LogP contribution in [0, 0.1) is 6.92 Å². The van der Waals surface area contributed by atoms with Crippen LogP contribution in [0.1, 0.15) is 49.6 Å². The summed E-state index contributed by atoms with van der Waals surface area (Å²) in [4.78, 5) is 0. The molecule has 1 aliphatic carbocycles. The molecule has 1 fully saturated rings. The third kappa shape index (κ3) is 2.02. The number of benzene rings is 1. The van der Waals surface area contributed by atoms with Crippen molar-refractivity contribution >= 4 is 0 Å². The second kappa shape index (κ2) is 4.98. The van der Waals surface area contributed by atoms with E-state index >= 15 is 0 Å². The third-order valence-corrected chi connectivity index (χ3v) is 4.32. The number of rotatable bonds is 3. The van der Waals surface area contributed by atoms with Gasteiger partial charge >= 0.3 is 0 Å². The molecule has 20 heavy (non-hydrogen) atoms. The monoisotopic (exact) mass is 271 g/mol. The fourth-order valence-corrected chi connectivity index (χ4v) is 3.19. The highest BCUT2D eigenvalue weighted by Gasteiger charge is 2.37. The van der Waals surface area contributed by atoms with Gasteiger partial charge < -0.3 is 5.73 Å². The van der Waals surface area contributed by atoms with Gasteiger partial charge in [0.2, 0.25) is 0 Å². The Hall–Kier alpha value is -1.75. The first kappa shape index (κ1) is 13.2. The summed E-state index contributed by atoms with van der Waals surface area (Å²) in [6, 6.07) is 6.30. The number of tetrazole rings is 1. The first-order valence-corrected chi connectivity index (χ1v) is 7.32. The van der Waals surface area contributed by atoms with Gasteiger partial charge in [-0.2, -0.15) is 4.68 Å². The number of aromatic nitrogens is 4. The van der Waals surface area contributed by atoms with Crippen LogP contribution in [0.4, 0.5) is 0 Å². The molecule has 1 aromatic heterocycles. The lowest BCUT2D eigenvalue weighted by Gasteiger charge is -2.23. The highest BCUT2D eigenvalue weighted by molar-refractivity contribution is 5.47. The molecule has 3 rings (SSSR count). The Labute approximate surface area is 119 Å². The molecule has 1 aliphatic rings. The second-order valence-corrected chi connectivity index (χ2v) is 5.71. The number of para-hydroxylation sites is 1. The first-order valence-electron chi connectivity index (χ1n) is 7.32. The maximum Gasteiger partial charge on any atom is 0.176 e. The van der Waals surface area contributed by atoms with Crippen LogP contribution in [-0.2, 0) is 12.0 Å². The van der Waals surface area contributed by atoms with Gasteiger partial charge in [-0.3, -0.25) is 0 Å². The Morgan fingerprint density at radius 1 is 1.30 bits per heavy atom. The molecule has 106 valence electrons. The summed E-state index contributed by atoms with van der Waals surface area (Å²) in [6.45, 7) is 4.24. The summed E-state index contributed by atoms with van der Waals surface area (Å²) in [5.41, 5.74) is 9.68. The molecule has 0 amide bonds. The minimum absolute atomic E-state index is 0.378. The molecule has 0 bridgehead atoms. The fraction of sp³-hybridized carbons (Fsp3) is 0.533. The Bertz CT molecular complexity index is 610. The zero-order valence-electron chi connectivity index (χ0n) is 12.1. The van der Waals surface area contributed by atoms with Crippen molar-refractivity contribution in [3.05, 3.63) is 35.2 Å². The van der Waals surface area contributed by atoms with E-state index in [-0.39, 0.29) is 5.54 Å². The average Bonchev–Trinajstić information content (AvgIpc) is 3.08. The van der Waals surface area contributed by atoms with Crippen molar-refractivity contribution in [3.63, 3.8) is 0 Å². The van der Waals surface area contributed by atoms with Gasteiger partial charge in [0.25, 0.3) is 0 Å². The van der Waals surface area contributed by atoms with Crippen LogP contribution in [0.5, 0.6) is 0 Å².